The molecule has 0 radical (unpaired) electrons. The van der Waals surface area contributed by atoms with Crippen molar-refractivity contribution in [3.8, 4) is 0 Å². The molecule has 0 aliphatic rings. The molecule has 0 N–H and O–H groups in total. The third-order valence-electron chi connectivity index (χ3n) is 4.70. The van der Waals surface area contributed by atoms with Crippen molar-refractivity contribution in [2.24, 2.45) is 7.05 Å². The first-order valence-corrected chi connectivity index (χ1v) is 8.87. The van der Waals surface area contributed by atoms with Crippen molar-refractivity contribution in [3.05, 3.63) is 57.9 Å². The lowest BCUT2D eigenvalue weighted by Gasteiger charge is -2.17. The van der Waals surface area contributed by atoms with Crippen molar-refractivity contribution in [1.29, 1.82) is 0 Å². The lowest BCUT2D eigenvalue weighted by atomic mass is 10.0. The molecule has 1 amide bonds. The Kier molecular flexibility index (Phi) is 6.20. The van der Waals surface area contributed by atoms with Gasteiger partial charge in [0, 0.05) is 30.9 Å². The summed E-state index contributed by atoms with van der Waals surface area (Å²) in [5.74, 6) is -0.886. The number of benzene rings is 1. The van der Waals surface area contributed by atoms with Crippen LogP contribution in [-0.2, 0) is 11.8 Å². The van der Waals surface area contributed by atoms with Crippen molar-refractivity contribution in [3.63, 3.8) is 0 Å². The molecule has 144 valence electrons. The fraction of sp³-hybridized carbons (Fsp3) is 0.381. The molecule has 27 heavy (non-hydrogen) atoms. The molecule has 1 aromatic heterocycles. The Morgan fingerprint density at radius 2 is 1.67 bits per heavy atom. The van der Waals surface area contributed by atoms with Crippen molar-refractivity contribution in [1.82, 2.24) is 9.47 Å². The highest BCUT2D eigenvalue weighted by atomic mass is 16.5. The number of carbonyl (C=O) groups excluding carboxylic acids is 3. The fourth-order valence-corrected chi connectivity index (χ4v) is 3.16. The smallest absolute Gasteiger partial charge is 0.355 e. The van der Waals surface area contributed by atoms with Crippen LogP contribution in [0.1, 0.15) is 54.9 Å². The molecule has 1 heterocycles. The molecule has 0 bridgehead atoms. The Bertz CT molecular complexity index is 879. The highest BCUT2D eigenvalue weighted by molar-refractivity contribution is 6.05. The Hall–Kier alpha value is -2.89. The highest BCUT2D eigenvalue weighted by Crippen LogP contribution is 2.23. The second kappa shape index (κ2) is 8.20. The zero-order chi connectivity index (χ0) is 20.3. The van der Waals surface area contributed by atoms with Gasteiger partial charge in [-0.05, 0) is 45.4 Å². The molecule has 1 aromatic carbocycles. The molecule has 2 rings (SSSR count). The van der Waals surface area contributed by atoms with Crippen LogP contribution in [0.5, 0.6) is 0 Å². The van der Waals surface area contributed by atoms with E-state index in [0.717, 1.165) is 5.56 Å². The maximum Gasteiger partial charge on any atom is 0.355 e. The number of aromatic nitrogens is 1. The van der Waals surface area contributed by atoms with Crippen LogP contribution in [-0.4, -0.2) is 47.3 Å². The first-order chi connectivity index (χ1) is 12.7. The van der Waals surface area contributed by atoms with E-state index < -0.39 is 5.97 Å². The number of likely N-dealkylation sites (N-methyl/N-ethyl adjacent to an activating group) is 1. The molecule has 6 heteroatoms. The van der Waals surface area contributed by atoms with Gasteiger partial charge in [0.25, 0.3) is 5.91 Å². The Morgan fingerprint density at radius 3 is 2.22 bits per heavy atom. The van der Waals surface area contributed by atoms with Crippen molar-refractivity contribution < 1.29 is 19.1 Å². The summed E-state index contributed by atoms with van der Waals surface area (Å²) < 4.78 is 6.76. The number of carbonyl (C=O) groups is 3. The maximum absolute atomic E-state index is 12.9. The molecular formula is C21H26N2O4. The largest absolute Gasteiger partial charge is 0.461 e. The van der Waals surface area contributed by atoms with Crippen LogP contribution >= 0.6 is 0 Å². The molecular weight excluding hydrogens is 344 g/mol. The van der Waals surface area contributed by atoms with Crippen LogP contribution in [0.2, 0.25) is 0 Å². The number of aryl methyl sites for hydroxylation is 1. The summed E-state index contributed by atoms with van der Waals surface area (Å²) in [4.78, 5) is 39.0. The topological polar surface area (TPSA) is 68.6 Å². The molecule has 2 aromatic rings. The number of hydrogen-bond acceptors (Lipinski definition) is 4. The summed E-state index contributed by atoms with van der Waals surface area (Å²) in [6.45, 7) is 7.39. The molecule has 6 nitrogen and oxygen atoms in total. The first-order valence-electron chi connectivity index (χ1n) is 8.87. The Morgan fingerprint density at radius 1 is 1.07 bits per heavy atom. The van der Waals surface area contributed by atoms with Gasteiger partial charge in [0.15, 0.2) is 5.78 Å². The lowest BCUT2D eigenvalue weighted by molar-refractivity contribution is 0.0514. The van der Waals surface area contributed by atoms with Crippen LogP contribution < -0.4 is 0 Å². The van der Waals surface area contributed by atoms with Crippen LogP contribution in [0.15, 0.2) is 24.3 Å². The number of ketones is 1. The third-order valence-corrected chi connectivity index (χ3v) is 4.70. The van der Waals surface area contributed by atoms with Crippen molar-refractivity contribution in [2.75, 3.05) is 20.2 Å². The molecule has 0 atom stereocenters. The normalized spacial score (nSPS) is 10.6. The zero-order valence-electron chi connectivity index (χ0n) is 16.8. The fourth-order valence-electron chi connectivity index (χ4n) is 3.16. The van der Waals surface area contributed by atoms with E-state index in [2.05, 4.69) is 0 Å². The second-order valence-electron chi connectivity index (χ2n) is 6.66. The van der Waals surface area contributed by atoms with E-state index >= 15 is 0 Å². The third kappa shape index (κ3) is 4.10. The Balaban J connectivity index is 2.25. The number of rotatable bonds is 6. The molecule has 0 fully saturated rings. The van der Waals surface area contributed by atoms with Gasteiger partial charge in [-0.15, -0.1) is 0 Å². The van der Waals surface area contributed by atoms with Crippen molar-refractivity contribution >= 4 is 17.7 Å². The number of esters is 1. The summed E-state index contributed by atoms with van der Waals surface area (Å²) in [5, 5.41) is 0. The predicted molar refractivity (Wildman–Crippen MR) is 103 cm³/mol. The summed E-state index contributed by atoms with van der Waals surface area (Å²) in [7, 11) is 3.33. The molecule has 0 saturated heterocycles. The minimum atomic E-state index is -0.455. The van der Waals surface area contributed by atoms with E-state index in [4.69, 9.17) is 4.74 Å². The molecule has 0 spiro atoms. The van der Waals surface area contributed by atoms with Crippen LogP contribution in [0.4, 0.5) is 0 Å². The minimum absolute atomic E-state index is 0.0688. The molecule has 0 aliphatic heterocycles. The van der Waals surface area contributed by atoms with E-state index in [1.165, 1.54) is 4.90 Å². The van der Waals surface area contributed by atoms with Gasteiger partial charge in [0.1, 0.15) is 5.69 Å². The SMILES string of the molecule is CCOC(=O)c1c(C)c(C(=O)CN(C)C(=O)c2ccc(C)cc2)c(C)n1C. The van der Waals surface area contributed by atoms with Gasteiger partial charge in [-0.1, -0.05) is 17.7 Å². The minimum Gasteiger partial charge on any atom is -0.461 e. The predicted octanol–water partition coefficient (Wildman–Crippen LogP) is 3.08. The van der Waals surface area contributed by atoms with Gasteiger partial charge in [-0.3, -0.25) is 9.59 Å². The average Bonchev–Trinajstić information content (AvgIpc) is 2.84. The van der Waals surface area contributed by atoms with Gasteiger partial charge >= 0.3 is 5.97 Å². The standard InChI is InChI=1S/C21H26N2O4/c1-7-27-21(26)19-14(3)18(15(4)23(19)6)17(24)12-22(5)20(25)16-10-8-13(2)9-11-16/h8-11H,7,12H2,1-6H3. The summed E-state index contributed by atoms with van der Waals surface area (Å²) in [5.41, 5.74) is 3.68. The van der Waals surface area contributed by atoms with E-state index in [1.807, 2.05) is 19.1 Å². The van der Waals surface area contributed by atoms with Gasteiger partial charge < -0.3 is 14.2 Å². The van der Waals surface area contributed by atoms with Gasteiger partial charge in [0.2, 0.25) is 0 Å². The Labute approximate surface area is 159 Å². The second-order valence-corrected chi connectivity index (χ2v) is 6.66. The van der Waals surface area contributed by atoms with Crippen LogP contribution in [0, 0.1) is 20.8 Å². The first kappa shape index (κ1) is 20.4. The summed E-state index contributed by atoms with van der Waals surface area (Å²) >= 11 is 0. The van der Waals surface area contributed by atoms with E-state index in [9.17, 15) is 14.4 Å². The van der Waals surface area contributed by atoms with E-state index in [1.54, 1.807) is 51.6 Å². The highest BCUT2D eigenvalue weighted by Gasteiger charge is 2.27. The van der Waals surface area contributed by atoms with Gasteiger partial charge in [-0.25, -0.2) is 4.79 Å². The average molecular weight is 370 g/mol. The number of hydrogen-bond donors (Lipinski definition) is 0. The quantitative estimate of drug-likeness (QED) is 0.579. The maximum atomic E-state index is 12.9. The summed E-state index contributed by atoms with van der Waals surface area (Å²) in [6.07, 6.45) is 0. The van der Waals surface area contributed by atoms with E-state index in [0.29, 0.717) is 28.1 Å². The monoisotopic (exact) mass is 370 g/mol. The van der Waals surface area contributed by atoms with Crippen LogP contribution in [0.25, 0.3) is 0 Å². The van der Waals surface area contributed by atoms with Crippen LogP contribution in [0.3, 0.4) is 0 Å². The van der Waals surface area contributed by atoms with Crippen molar-refractivity contribution in [2.45, 2.75) is 27.7 Å². The van der Waals surface area contributed by atoms with Gasteiger partial charge in [0.05, 0.1) is 13.2 Å². The number of ether oxygens (including phenoxy) is 1. The zero-order valence-corrected chi connectivity index (χ0v) is 16.8. The molecule has 0 unspecified atom stereocenters. The lowest BCUT2D eigenvalue weighted by Crippen LogP contribution is -2.32. The van der Waals surface area contributed by atoms with Gasteiger partial charge in [-0.2, -0.15) is 0 Å². The summed E-state index contributed by atoms with van der Waals surface area (Å²) in [6, 6.07) is 7.22. The number of amides is 1. The van der Waals surface area contributed by atoms with E-state index in [-0.39, 0.29) is 24.8 Å². The number of Topliss-reactive ketones (excluding diaryl/α,β-unsaturated/α-hetero) is 1. The number of nitrogens with zero attached hydrogens (tertiary/aromatic N) is 2. The molecule has 0 aliphatic carbocycles. The molecule has 0 saturated carbocycles.